The molecule has 1 N–H and O–H groups in total. The minimum atomic E-state index is -0.952. The second-order valence-electron chi connectivity index (χ2n) is 9.69. The highest BCUT2D eigenvalue weighted by molar-refractivity contribution is 6.35. The number of esters is 1. The number of urea groups is 1. The molecular formula is C29H36ClN5O6. The number of hydrogen-bond acceptors (Lipinski definition) is 7. The van der Waals surface area contributed by atoms with Crippen LogP contribution < -0.4 is 19.7 Å². The number of halogens is 1. The second-order valence-corrected chi connectivity index (χ2v) is 10.1. The number of amides is 3. The fraction of sp³-hybridized carbons (Fsp3) is 0.448. The molecule has 0 radical (unpaired) electrons. The van der Waals surface area contributed by atoms with Crippen LogP contribution in [0.4, 0.5) is 10.5 Å². The van der Waals surface area contributed by atoms with E-state index < -0.39 is 11.9 Å². The first-order valence-corrected chi connectivity index (χ1v) is 14.1. The smallest absolute Gasteiger partial charge is 0.396 e. The molecule has 0 saturated carbocycles. The zero-order chi connectivity index (χ0) is 29.4. The molecular weight excluding hydrogens is 550 g/mol. The monoisotopic (exact) mass is 585 g/mol. The summed E-state index contributed by atoms with van der Waals surface area (Å²) in [7, 11) is 2.76. The molecule has 4 rings (SSSR count). The molecule has 0 unspecified atom stereocenters. The molecule has 11 nitrogen and oxygen atoms in total. The average Bonchev–Trinajstić information content (AvgIpc) is 3.31. The summed E-state index contributed by atoms with van der Waals surface area (Å²) in [5, 5.41) is 3.74. The summed E-state index contributed by atoms with van der Waals surface area (Å²) in [6.45, 7) is 4.82. The Kier molecular flexibility index (Phi) is 10.3. The largest absolute Gasteiger partial charge is 0.493 e. The Morgan fingerprint density at radius 1 is 1.12 bits per heavy atom. The van der Waals surface area contributed by atoms with E-state index >= 15 is 0 Å². The first kappa shape index (κ1) is 30.0. The molecule has 0 atom stereocenters. The molecule has 3 heterocycles. The van der Waals surface area contributed by atoms with E-state index in [4.69, 9.17) is 21.1 Å². The van der Waals surface area contributed by atoms with E-state index in [-0.39, 0.29) is 12.6 Å². The number of pyridine rings is 1. The molecule has 0 aliphatic carbocycles. The lowest BCUT2D eigenvalue weighted by Crippen LogP contribution is -2.49. The van der Waals surface area contributed by atoms with E-state index in [0.717, 1.165) is 49.4 Å². The molecule has 3 aromatic rings. The van der Waals surface area contributed by atoms with E-state index in [1.54, 1.807) is 29.3 Å². The summed E-state index contributed by atoms with van der Waals surface area (Å²) in [4.78, 5) is 44.7. The van der Waals surface area contributed by atoms with Crippen molar-refractivity contribution in [3.8, 4) is 11.5 Å². The van der Waals surface area contributed by atoms with E-state index in [2.05, 4.69) is 22.0 Å². The number of rotatable bonds is 12. The van der Waals surface area contributed by atoms with Crippen molar-refractivity contribution in [1.82, 2.24) is 19.8 Å². The van der Waals surface area contributed by atoms with E-state index in [1.165, 1.54) is 0 Å². The highest BCUT2D eigenvalue weighted by atomic mass is 35.5. The Labute approximate surface area is 244 Å². The Hall–Kier alpha value is -3.99. The lowest BCUT2D eigenvalue weighted by molar-refractivity contribution is -0.152. The van der Waals surface area contributed by atoms with Gasteiger partial charge in [0.25, 0.3) is 0 Å². The molecule has 1 saturated heterocycles. The average molecular weight is 586 g/mol. The van der Waals surface area contributed by atoms with Crippen molar-refractivity contribution in [2.75, 3.05) is 45.4 Å². The van der Waals surface area contributed by atoms with Gasteiger partial charge in [-0.3, -0.25) is 9.69 Å². The molecule has 0 spiro atoms. The topological polar surface area (TPSA) is 115 Å². The first-order valence-electron chi connectivity index (χ1n) is 13.7. The van der Waals surface area contributed by atoms with Gasteiger partial charge < -0.3 is 29.0 Å². The normalized spacial score (nSPS) is 13.4. The SMILES string of the molecule is CCCCCOc1cc(N2CCCN(Cc3ccnc4c3c(Cl)cn4CCNC(=O)C(=O)OC)C2=O)ccc1OC. The number of nitrogens with one attached hydrogen (secondary N) is 1. The Bertz CT molecular complexity index is 1390. The van der Waals surface area contributed by atoms with Gasteiger partial charge in [0, 0.05) is 62.3 Å². The zero-order valence-corrected chi connectivity index (χ0v) is 24.4. The summed E-state index contributed by atoms with van der Waals surface area (Å²) >= 11 is 6.62. The number of unbranched alkanes of at least 4 members (excludes halogenated alkanes) is 2. The van der Waals surface area contributed by atoms with Gasteiger partial charge in [0.1, 0.15) is 5.65 Å². The number of fused-ring (bicyclic) bond motifs is 1. The number of carbonyl (C=O) groups is 3. The molecule has 12 heteroatoms. The third-order valence-electron chi connectivity index (χ3n) is 6.94. The number of aromatic nitrogens is 2. The molecule has 2 aromatic heterocycles. The van der Waals surface area contributed by atoms with Crippen LogP contribution in [0.25, 0.3) is 11.0 Å². The Morgan fingerprint density at radius 2 is 1.95 bits per heavy atom. The summed E-state index contributed by atoms with van der Waals surface area (Å²) in [5.41, 5.74) is 2.24. The molecule has 1 aliphatic rings. The van der Waals surface area contributed by atoms with Crippen LogP contribution in [0.1, 0.15) is 38.2 Å². The van der Waals surface area contributed by atoms with Crippen LogP contribution in [0.3, 0.4) is 0 Å². The number of anilines is 1. The maximum absolute atomic E-state index is 13.7. The van der Waals surface area contributed by atoms with E-state index in [9.17, 15) is 14.4 Å². The predicted octanol–water partition coefficient (Wildman–Crippen LogP) is 4.39. The fourth-order valence-corrected chi connectivity index (χ4v) is 5.16. The lowest BCUT2D eigenvalue weighted by Gasteiger charge is -2.36. The maximum atomic E-state index is 13.7. The van der Waals surface area contributed by atoms with Crippen molar-refractivity contribution in [2.24, 2.45) is 0 Å². The Morgan fingerprint density at radius 3 is 2.71 bits per heavy atom. The fourth-order valence-electron chi connectivity index (χ4n) is 4.84. The highest BCUT2D eigenvalue weighted by Crippen LogP contribution is 2.34. The second kappa shape index (κ2) is 14.1. The van der Waals surface area contributed by atoms with Gasteiger partial charge in [0.15, 0.2) is 11.5 Å². The molecule has 1 aliphatic heterocycles. The number of ether oxygens (including phenoxy) is 3. The summed E-state index contributed by atoms with van der Waals surface area (Å²) in [5.74, 6) is -0.511. The van der Waals surface area contributed by atoms with E-state index in [1.807, 2.05) is 28.8 Å². The summed E-state index contributed by atoms with van der Waals surface area (Å²) < 4.78 is 17.7. The molecule has 0 bridgehead atoms. The van der Waals surface area contributed by atoms with Crippen LogP contribution in [0.15, 0.2) is 36.7 Å². The van der Waals surface area contributed by atoms with Crippen molar-refractivity contribution in [1.29, 1.82) is 0 Å². The third kappa shape index (κ3) is 7.02. The van der Waals surface area contributed by atoms with Gasteiger partial charge in [-0.15, -0.1) is 0 Å². The van der Waals surface area contributed by atoms with Crippen LogP contribution in [0, 0.1) is 0 Å². The van der Waals surface area contributed by atoms with Crippen LogP contribution in [-0.2, 0) is 27.4 Å². The van der Waals surface area contributed by atoms with E-state index in [0.29, 0.717) is 55.0 Å². The summed E-state index contributed by atoms with van der Waals surface area (Å²) in [6, 6.07) is 7.33. The standard InChI is InChI=1S/C29H36ClN5O6/c1-4-5-6-16-41-24-17-21(8-9-23(24)39-2)35-14-7-13-34(29(35)38)18-20-10-11-31-26-25(20)22(30)19-33(26)15-12-32-27(36)28(37)40-3/h8-11,17,19H,4-7,12-16,18H2,1-3H3,(H,32,36). The number of methoxy groups -OCH3 is 2. The first-order chi connectivity index (χ1) is 19.9. The minimum Gasteiger partial charge on any atom is -0.493 e. The van der Waals surface area contributed by atoms with Gasteiger partial charge in [-0.2, -0.15) is 0 Å². The van der Waals surface area contributed by atoms with Gasteiger partial charge in [-0.05, 0) is 36.6 Å². The number of nitrogens with zero attached hydrogens (tertiary/aromatic N) is 4. The third-order valence-corrected chi connectivity index (χ3v) is 7.23. The van der Waals surface area contributed by atoms with Crippen LogP contribution in [0.5, 0.6) is 11.5 Å². The highest BCUT2D eigenvalue weighted by Gasteiger charge is 2.28. The number of benzene rings is 1. The lowest BCUT2D eigenvalue weighted by atomic mass is 10.1. The predicted molar refractivity (Wildman–Crippen MR) is 156 cm³/mol. The van der Waals surface area contributed by atoms with Crippen LogP contribution in [-0.4, -0.2) is 72.8 Å². The van der Waals surface area contributed by atoms with Crippen molar-refractivity contribution in [2.45, 2.75) is 45.7 Å². The molecule has 1 aromatic carbocycles. The molecule has 220 valence electrons. The van der Waals surface area contributed by atoms with Crippen molar-refractivity contribution in [3.05, 3.63) is 47.2 Å². The van der Waals surface area contributed by atoms with Gasteiger partial charge in [-0.25, -0.2) is 14.6 Å². The molecule has 41 heavy (non-hydrogen) atoms. The van der Waals surface area contributed by atoms with Crippen molar-refractivity contribution in [3.63, 3.8) is 0 Å². The van der Waals surface area contributed by atoms with Crippen LogP contribution >= 0.6 is 11.6 Å². The number of carbonyl (C=O) groups excluding carboxylic acids is 3. The summed E-state index contributed by atoms with van der Waals surface area (Å²) in [6.07, 6.45) is 7.35. The van der Waals surface area contributed by atoms with Gasteiger partial charge >= 0.3 is 17.9 Å². The molecule has 3 amide bonds. The van der Waals surface area contributed by atoms with Gasteiger partial charge in [0.2, 0.25) is 0 Å². The Balaban J connectivity index is 1.49. The number of hydrogen-bond donors (Lipinski definition) is 1. The molecule has 1 fully saturated rings. The zero-order valence-electron chi connectivity index (χ0n) is 23.7. The van der Waals surface area contributed by atoms with Crippen LogP contribution in [0.2, 0.25) is 5.02 Å². The maximum Gasteiger partial charge on any atom is 0.396 e. The van der Waals surface area contributed by atoms with Gasteiger partial charge in [0.05, 0.1) is 25.8 Å². The van der Waals surface area contributed by atoms with Crippen molar-refractivity contribution >= 4 is 46.2 Å². The van der Waals surface area contributed by atoms with Crippen molar-refractivity contribution < 1.29 is 28.6 Å². The van der Waals surface area contributed by atoms with Gasteiger partial charge in [-0.1, -0.05) is 31.4 Å². The quantitative estimate of drug-likeness (QED) is 0.190. The minimum absolute atomic E-state index is 0.107.